The third-order valence-corrected chi connectivity index (χ3v) is 9.08. The summed E-state index contributed by atoms with van der Waals surface area (Å²) < 4.78 is 23.5. The van der Waals surface area contributed by atoms with Gasteiger partial charge in [-0.3, -0.25) is 28.8 Å². The van der Waals surface area contributed by atoms with Crippen molar-refractivity contribution in [3.63, 3.8) is 0 Å². The second-order valence-corrected chi connectivity index (χ2v) is 16.2. The zero-order chi connectivity index (χ0) is 56.9. The fourth-order valence-electron chi connectivity index (χ4n) is 6.18. The fourth-order valence-corrected chi connectivity index (χ4v) is 6.18. The number of methoxy groups -OCH3 is 2. The maximum Gasteiger partial charge on any atom is 0.407 e. The average Bonchev–Trinajstić information content (AvgIpc) is 4.14. The van der Waals surface area contributed by atoms with Crippen LogP contribution in [0.5, 0.6) is 0 Å². The number of carbonyl (C=O) groups excluding carboxylic acids is 8. The van der Waals surface area contributed by atoms with Gasteiger partial charge in [-0.05, 0) is 83.6 Å². The summed E-state index contributed by atoms with van der Waals surface area (Å²) in [6.45, 7) is 35.5. The SMILES string of the molecule is C=C(C)C.CC.CC.CCC.CCC.CCC.COC(=O)NCC(=O)N1CCCC1C.COC(=O)NCC(=O)N1CCCC1C.Cc1cc2c(-c3ccc(C(=O)COC=O)cc3)ccc(C(=O)COC=O)c2o1. The van der Waals surface area contributed by atoms with E-state index in [1.165, 1.54) is 39.1 Å². The van der Waals surface area contributed by atoms with Gasteiger partial charge in [0.15, 0.2) is 19.0 Å². The number of ketones is 2. The number of hydrogen-bond acceptors (Lipinski definition) is 13. The van der Waals surface area contributed by atoms with Crippen molar-refractivity contribution < 1.29 is 61.7 Å². The standard InChI is InChI=1S/C21H16O7.2C9H16N2O3.C4H8.3C3H8.2C2H6/c1-13-8-18-16(6-7-17(21(18)28-13)20(25)10-27-12-23)14-2-4-15(5-3-14)19(24)9-26-11-22;2*1-7-4-3-5-11(7)8(12)6-10-9(13)14-2;1-4(2)3;3*1-3-2;2*1-2/h2-8,11-12H,9-10H2,1H3;2*7H,3-6H2,1-2H3,(H,10,13);1H2,2-3H3;3*3H2,1-2H3;2*1-2H3. The second-order valence-electron chi connectivity index (χ2n) is 16.2. The number of rotatable bonds is 13. The second kappa shape index (κ2) is 46.5. The number of Topliss-reactive ketones (excluding diaryl/α,β-unsaturated/α-hetero) is 2. The van der Waals surface area contributed by atoms with Gasteiger partial charge in [0.25, 0.3) is 12.9 Å². The van der Waals surface area contributed by atoms with Gasteiger partial charge in [0.1, 0.15) is 24.4 Å². The summed E-state index contributed by atoms with van der Waals surface area (Å²) in [6.07, 6.45) is 6.81. The quantitative estimate of drug-likeness (QED) is 0.0706. The van der Waals surface area contributed by atoms with Crippen LogP contribution in [0.1, 0.15) is 168 Å². The summed E-state index contributed by atoms with van der Waals surface area (Å²) in [4.78, 5) is 92.8. The van der Waals surface area contributed by atoms with Crippen LogP contribution in [0.15, 0.2) is 59.0 Å². The summed E-state index contributed by atoms with van der Waals surface area (Å²) in [6, 6.07) is 12.6. The van der Waals surface area contributed by atoms with Gasteiger partial charge in [-0.15, -0.1) is 6.58 Å². The Morgan fingerprint density at radius 2 is 1.05 bits per heavy atom. The Morgan fingerprint density at radius 1 is 0.671 bits per heavy atom. The largest absolute Gasteiger partial charge is 0.461 e. The van der Waals surface area contributed by atoms with Gasteiger partial charge in [0, 0.05) is 36.1 Å². The van der Waals surface area contributed by atoms with Gasteiger partial charge < -0.3 is 43.8 Å². The van der Waals surface area contributed by atoms with Crippen molar-refractivity contribution in [1.29, 1.82) is 0 Å². The van der Waals surface area contributed by atoms with Crippen LogP contribution in [-0.4, -0.2) is 124 Å². The van der Waals surface area contributed by atoms with Crippen molar-refractivity contribution in [2.75, 3.05) is 53.6 Å². The van der Waals surface area contributed by atoms with E-state index >= 15 is 0 Å². The van der Waals surface area contributed by atoms with Gasteiger partial charge in [-0.1, -0.05) is 124 Å². The van der Waals surface area contributed by atoms with Gasteiger partial charge in [0.2, 0.25) is 17.6 Å². The van der Waals surface area contributed by atoms with Crippen LogP contribution in [0.4, 0.5) is 9.59 Å². The molecule has 0 saturated carbocycles. The monoisotopic (exact) mass is 1030 g/mol. The number of carbonyl (C=O) groups is 8. The molecule has 17 nitrogen and oxygen atoms in total. The first-order valence-electron chi connectivity index (χ1n) is 25.5. The number of nitrogens with one attached hydrogen (secondary N) is 2. The number of furan rings is 1. The Kier molecular flexibility index (Phi) is 46.6. The highest BCUT2D eigenvalue weighted by Gasteiger charge is 2.26. The first-order valence-corrected chi connectivity index (χ1v) is 25.5. The molecule has 0 radical (unpaired) electrons. The minimum Gasteiger partial charge on any atom is -0.461 e. The molecule has 73 heavy (non-hydrogen) atoms. The van der Waals surface area contributed by atoms with Crippen LogP contribution < -0.4 is 10.6 Å². The Hall–Kier alpha value is -6.52. The highest BCUT2D eigenvalue weighted by Crippen LogP contribution is 2.34. The first kappa shape index (κ1) is 73.0. The number of fused-ring (bicyclic) bond motifs is 1. The number of nitrogens with zero attached hydrogens (tertiary/aromatic N) is 2. The molecule has 2 fully saturated rings. The molecule has 1 aromatic heterocycles. The molecule has 0 aliphatic carbocycles. The minimum absolute atomic E-state index is 0.0248. The molecule has 17 heteroatoms. The molecule has 2 aliphatic heterocycles. The van der Waals surface area contributed by atoms with E-state index < -0.39 is 12.2 Å². The summed E-state index contributed by atoms with van der Waals surface area (Å²) in [5.41, 5.74) is 3.97. The molecule has 0 spiro atoms. The van der Waals surface area contributed by atoms with Gasteiger partial charge >= 0.3 is 12.2 Å². The van der Waals surface area contributed by atoms with E-state index in [4.69, 9.17) is 4.42 Å². The summed E-state index contributed by atoms with van der Waals surface area (Å²) in [7, 11) is 2.55. The Morgan fingerprint density at radius 3 is 1.40 bits per heavy atom. The van der Waals surface area contributed by atoms with Crippen molar-refractivity contribution in [3.05, 3.63) is 71.5 Å². The Balaban J connectivity index is -0.000000448. The van der Waals surface area contributed by atoms with Gasteiger partial charge in [-0.25, -0.2) is 9.59 Å². The van der Waals surface area contributed by atoms with Gasteiger partial charge in [-0.2, -0.15) is 0 Å². The number of hydrogen-bond donors (Lipinski definition) is 2. The molecule has 414 valence electrons. The molecule has 2 aromatic carbocycles. The molecular formula is C56H92N4O13. The van der Waals surface area contributed by atoms with Crippen LogP contribution in [0, 0.1) is 6.92 Å². The topological polar surface area (TPSA) is 217 Å². The number of likely N-dealkylation sites (tertiary alicyclic amines) is 2. The smallest absolute Gasteiger partial charge is 0.407 e. The van der Waals surface area contributed by atoms with Crippen molar-refractivity contribution in [3.8, 4) is 11.1 Å². The normalized spacial score (nSPS) is 13.2. The fraction of sp³-hybridized carbons (Fsp3) is 0.571. The number of aryl methyl sites for hydroxylation is 1. The number of ether oxygens (including phenoxy) is 4. The molecule has 0 bridgehead atoms. The zero-order valence-corrected chi connectivity index (χ0v) is 47.5. The molecule has 3 aromatic rings. The van der Waals surface area contributed by atoms with E-state index in [0.717, 1.165) is 55.3 Å². The molecule has 2 atom stereocenters. The summed E-state index contributed by atoms with van der Waals surface area (Å²) >= 11 is 0. The van der Waals surface area contributed by atoms with Crippen molar-refractivity contribution in [1.82, 2.24) is 20.4 Å². The van der Waals surface area contributed by atoms with Crippen LogP contribution in [0.25, 0.3) is 22.1 Å². The molecule has 2 N–H and O–H groups in total. The maximum absolute atomic E-state index is 12.3. The van der Waals surface area contributed by atoms with E-state index in [1.54, 1.807) is 53.1 Å². The van der Waals surface area contributed by atoms with Crippen LogP contribution in [-0.2, 0) is 38.1 Å². The molecule has 5 rings (SSSR count). The van der Waals surface area contributed by atoms with E-state index in [1.807, 2.05) is 61.5 Å². The van der Waals surface area contributed by atoms with E-state index in [-0.39, 0.29) is 62.6 Å². The lowest BCUT2D eigenvalue weighted by atomic mass is 9.96. The van der Waals surface area contributed by atoms with Crippen LogP contribution >= 0.6 is 0 Å². The zero-order valence-electron chi connectivity index (χ0n) is 47.5. The number of alkyl carbamates (subject to hydrolysis) is 2. The van der Waals surface area contributed by atoms with Crippen LogP contribution in [0.3, 0.4) is 0 Å². The molecule has 3 heterocycles. The van der Waals surface area contributed by atoms with Gasteiger partial charge in [0.05, 0.1) is 19.8 Å². The predicted molar refractivity (Wildman–Crippen MR) is 292 cm³/mol. The lowest BCUT2D eigenvalue weighted by Crippen LogP contribution is -2.41. The average molecular weight is 1030 g/mol. The third-order valence-electron chi connectivity index (χ3n) is 9.08. The summed E-state index contributed by atoms with van der Waals surface area (Å²) in [5.74, 6) is -0.125. The maximum atomic E-state index is 12.3. The van der Waals surface area contributed by atoms with E-state index in [2.05, 4.69) is 77.7 Å². The highest BCUT2D eigenvalue weighted by atomic mass is 16.5. The molecule has 2 unspecified atom stereocenters. The van der Waals surface area contributed by atoms with Crippen molar-refractivity contribution >= 4 is 59.5 Å². The predicted octanol–water partition coefficient (Wildman–Crippen LogP) is 11.7. The van der Waals surface area contributed by atoms with E-state index in [0.29, 0.717) is 34.6 Å². The van der Waals surface area contributed by atoms with Crippen LogP contribution in [0.2, 0.25) is 0 Å². The summed E-state index contributed by atoms with van der Waals surface area (Å²) in [5, 5.41) is 5.49. The highest BCUT2D eigenvalue weighted by molar-refractivity contribution is 6.10. The molecular weight excluding hydrogens is 937 g/mol. The Labute approximate surface area is 437 Å². The Bertz CT molecular complexity index is 1960. The lowest BCUT2D eigenvalue weighted by Gasteiger charge is -2.21. The number of amides is 4. The number of benzene rings is 2. The van der Waals surface area contributed by atoms with E-state index in [9.17, 15) is 38.4 Å². The molecule has 2 aliphatic rings. The minimum atomic E-state index is -0.565. The lowest BCUT2D eigenvalue weighted by molar-refractivity contribution is -0.131. The molecule has 4 amide bonds. The first-order chi connectivity index (χ1) is 34.8. The third kappa shape index (κ3) is 32.2. The van der Waals surface area contributed by atoms with Crippen molar-refractivity contribution in [2.24, 2.45) is 0 Å². The number of allylic oxidation sites excluding steroid dienone is 1. The molecule has 2 saturated heterocycles. The van der Waals surface area contributed by atoms with Crippen molar-refractivity contribution in [2.45, 2.75) is 161 Å².